The van der Waals surface area contributed by atoms with Crippen LogP contribution in [0, 0.1) is 6.92 Å². The number of aromatic nitrogens is 1. The maximum Gasteiger partial charge on any atom is 0.228 e. The van der Waals surface area contributed by atoms with Gasteiger partial charge < -0.3 is 10.6 Å². The minimum absolute atomic E-state index is 0.134. The molecular formula is C12H17N3O. The van der Waals surface area contributed by atoms with Crippen LogP contribution in [0.4, 0.5) is 0 Å². The van der Waals surface area contributed by atoms with Crippen LogP contribution in [0.15, 0.2) is 18.3 Å². The van der Waals surface area contributed by atoms with E-state index in [9.17, 15) is 4.79 Å². The standard InChI is InChI=1S/C12H17N3O/c1-9-3-2-5-14-11(9)7-12(16)15-6-4-10(13)8-15/h2-3,5,10H,4,6-8,13H2,1H3/t10-/m0/s1. The Balaban J connectivity index is 2.00. The number of carbonyl (C=O) groups is 1. The van der Waals surface area contributed by atoms with E-state index in [-0.39, 0.29) is 11.9 Å². The van der Waals surface area contributed by atoms with E-state index in [1.165, 1.54) is 0 Å². The molecule has 16 heavy (non-hydrogen) atoms. The molecule has 0 radical (unpaired) electrons. The Morgan fingerprint density at radius 3 is 3.12 bits per heavy atom. The molecule has 0 aromatic carbocycles. The summed E-state index contributed by atoms with van der Waals surface area (Å²) in [4.78, 5) is 18.0. The Kier molecular flexibility index (Phi) is 3.19. The van der Waals surface area contributed by atoms with Crippen LogP contribution in [0.2, 0.25) is 0 Å². The summed E-state index contributed by atoms with van der Waals surface area (Å²) < 4.78 is 0. The van der Waals surface area contributed by atoms with Crippen LogP contribution < -0.4 is 5.73 Å². The first-order chi connectivity index (χ1) is 7.66. The van der Waals surface area contributed by atoms with Gasteiger partial charge in [-0.05, 0) is 25.0 Å². The van der Waals surface area contributed by atoms with Crippen LogP contribution >= 0.6 is 0 Å². The van der Waals surface area contributed by atoms with Gasteiger partial charge in [-0.1, -0.05) is 6.07 Å². The van der Waals surface area contributed by atoms with E-state index in [1.54, 1.807) is 6.20 Å². The highest BCUT2D eigenvalue weighted by molar-refractivity contribution is 5.79. The van der Waals surface area contributed by atoms with Crippen LogP contribution in [0.5, 0.6) is 0 Å². The maximum atomic E-state index is 11.9. The van der Waals surface area contributed by atoms with E-state index in [0.29, 0.717) is 13.0 Å². The van der Waals surface area contributed by atoms with Crippen molar-refractivity contribution in [1.29, 1.82) is 0 Å². The first kappa shape index (κ1) is 11.1. The molecule has 1 fully saturated rings. The Hall–Kier alpha value is -1.42. The first-order valence-electron chi connectivity index (χ1n) is 5.60. The van der Waals surface area contributed by atoms with Gasteiger partial charge in [-0.2, -0.15) is 0 Å². The molecule has 0 saturated carbocycles. The zero-order valence-electron chi connectivity index (χ0n) is 9.52. The predicted molar refractivity (Wildman–Crippen MR) is 61.9 cm³/mol. The smallest absolute Gasteiger partial charge is 0.228 e. The lowest BCUT2D eigenvalue weighted by atomic mass is 10.1. The average Bonchev–Trinajstić information content (AvgIpc) is 2.68. The molecule has 0 unspecified atom stereocenters. The second-order valence-electron chi connectivity index (χ2n) is 4.33. The van der Waals surface area contributed by atoms with Crippen molar-refractivity contribution in [3.05, 3.63) is 29.6 Å². The molecule has 1 aliphatic heterocycles. The van der Waals surface area contributed by atoms with Crippen molar-refractivity contribution in [2.24, 2.45) is 5.73 Å². The Bertz CT molecular complexity index is 392. The normalized spacial score (nSPS) is 20.1. The van der Waals surface area contributed by atoms with Crippen molar-refractivity contribution < 1.29 is 4.79 Å². The van der Waals surface area contributed by atoms with Gasteiger partial charge >= 0.3 is 0 Å². The van der Waals surface area contributed by atoms with Gasteiger partial charge in [0.05, 0.1) is 12.1 Å². The third-order valence-electron chi connectivity index (χ3n) is 3.01. The van der Waals surface area contributed by atoms with Crippen molar-refractivity contribution in [1.82, 2.24) is 9.88 Å². The van der Waals surface area contributed by atoms with Crippen molar-refractivity contribution >= 4 is 5.91 Å². The summed E-state index contributed by atoms with van der Waals surface area (Å²) in [6.45, 7) is 3.45. The average molecular weight is 219 g/mol. The molecule has 4 nitrogen and oxygen atoms in total. The third kappa shape index (κ3) is 2.39. The first-order valence-corrected chi connectivity index (χ1v) is 5.60. The monoisotopic (exact) mass is 219 g/mol. The molecule has 1 amide bonds. The lowest BCUT2D eigenvalue weighted by Crippen LogP contribution is -2.33. The molecule has 86 valence electrons. The zero-order valence-corrected chi connectivity index (χ0v) is 9.52. The predicted octanol–water partition coefficient (Wildman–Crippen LogP) is 0.492. The molecule has 0 spiro atoms. The van der Waals surface area contributed by atoms with Gasteiger partial charge in [-0.25, -0.2) is 0 Å². The fourth-order valence-corrected chi connectivity index (χ4v) is 1.97. The molecule has 4 heteroatoms. The number of likely N-dealkylation sites (tertiary alicyclic amines) is 1. The summed E-state index contributed by atoms with van der Waals surface area (Å²) in [6.07, 6.45) is 3.03. The van der Waals surface area contributed by atoms with Gasteiger partial charge in [0.2, 0.25) is 5.91 Å². The number of amides is 1. The summed E-state index contributed by atoms with van der Waals surface area (Å²) >= 11 is 0. The number of pyridine rings is 1. The Labute approximate surface area is 95.5 Å². The van der Waals surface area contributed by atoms with E-state index in [0.717, 1.165) is 24.2 Å². The molecule has 1 atom stereocenters. The van der Waals surface area contributed by atoms with Crippen molar-refractivity contribution in [3.8, 4) is 0 Å². The second-order valence-corrected chi connectivity index (χ2v) is 4.33. The number of carbonyl (C=O) groups excluding carboxylic acids is 1. The van der Waals surface area contributed by atoms with Crippen molar-refractivity contribution in [3.63, 3.8) is 0 Å². The van der Waals surface area contributed by atoms with Gasteiger partial charge in [0.1, 0.15) is 0 Å². The number of rotatable bonds is 2. The molecule has 1 aromatic heterocycles. The minimum atomic E-state index is 0.134. The summed E-state index contributed by atoms with van der Waals surface area (Å²) in [6, 6.07) is 4.01. The SMILES string of the molecule is Cc1cccnc1CC(=O)N1CC[C@H](N)C1. The number of nitrogens with two attached hydrogens (primary N) is 1. The van der Waals surface area contributed by atoms with E-state index in [1.807, 2.05) is 24.0 Å². The third-order valence-corrected chi connectivity index (χ3v) is 3.01. The number of aryl methyl sites for hydroxylation is 1. The molecule has 2 heterocycles. The fourth-order valence-electron chi connectivity index (χ4n) is 1.97. The maximum absolute atomic E-state index is 11.9. The van der Waals surface area contributed by atoms with Crippen molar-refractivity contribution in [2.75, 3.05) is 13.1 Å². The number of nitrogens with zero attached hydrogens (tertiary/aromatic N) is 2. The van der Waals surface area contributed by atoms with Crippen LogP contribution in [0.25, 0.3) is 0 Å². The molecule has 2 rings (SSSR count). The van der Waals surface area contributed by atoms with Crippen LogP contribution in [-0.4, -0.2) is 34.9 Å². The topological polar surface area (TPSA) is 59.2 Å². The zero-order chi connectivity index (χ0) is 11.5. The lowest BCUT2D eigenvalue weighted by Gasteiger charge is -2.15. The molecule has 1 aliphatic rings. The van der Waals surface area contributed by atoms with Gasteiger partial charge in [0.15, 0.2) is 0 Å². The lowest BCUT2D eigenvalue weighted by molar-refractivity contribution is -0.129. The van der Waals surface area contributed by atoms with Gasteiger partial charge in [-0.15, -0.1) is 0 Å². The highest BCUT2D eigenvalue weighted by atomic mass is 16.2. The van der Waals surface area contributed by atoms with Gasteiger partial charge in [0.25, 0.3) is 0 Å². The highest BCUT2D eigenvalue weighted by Gasteiger charge is 2.23. The van der Waals surface area contributed by atoms with Gasteiger partial charge in [-0.3, -0.25) is 9.78 Å². The van der Waals surface area contributed by atoms with Crippen LogP contribution in [0.1, 0.15) is 17.7 Å². The molecular weight excluding hydrogens is 202 g/mol. The van der Waals surface area contributed by atoms with E-state index >= 15 is 0 Å². The van der Waals surface area contributed by atoms with E-state index < -0.39 is 0 Å². The fraction of sp³-hybridized carbons (Fsp3) is 0.500. The highest BCUT2D eigenvalue weighted by Crippen LogP contribution is 2.11. The molecule has 1 aromatic rings. The summed E-state index contributed by atoms with van der Waals surface area (Å²) in [5.74, 6) is 0.134. The molecule has 2 N–H and O–H groups in total. The Morgan fingerprint density at radius 1 is 1.69 bits per heavy atom. The molecule has 0 bridgehead atoms. The largest absolute Gasteiger partial charge is 0.341 e. The summed E-state index contributed by atoms with van der Waals surface area (Å²) in [5.41, 5.74) is 7.71. The van der Waals surface area contributed by atoms with Gasteiger partial charge in [0, 0.05) is 25.3 Å². The second kappa shape index (κ2) is 4.61. The quantitative estimate of drug-likeness (QED) is 0.787. The van der Waals surface area contributed by atoms with Crippen molar-refractivity contribution in [2.45, 2.75) is 25.8 Å². The van der Waals surface area contributed by atoms with Crippen LogP contribution in [-0.2, 0) is 11.2 Å². The Morgan fingerprint density at radius 2 is 2.50 bits per heavy atom. The molecule has 0 aliphatic carbocycles. The van der Waals surface area contributed by atoms with Crippen LogP contribution in [0.3, 0.4) is 0 Å². The molecule has 1 saturated heterocycles. The minimum Gasteiger partial charge on any atom is -0.341 e. The van der Waals surface area contributed by atoms with E-state index in [4.69, 9.17) is 5.73 Å². The summed E-state index contributed by atoms with van der Waals surface area (Å²) in [7, 11) is 0. The number of hydrogen-bond donors (Lipinski definition) is 1. The van der Waals surface area contributed by atoms with E-state index in [2.05, 4.69) is 4.98 Å². The summed E-state index contributed by atoms with van der Waals surface area (Å²) in [5, 5.41) is 0. The number of hydrogen-bond acceptors (Lipinski definition) is 3.